The highest BCUT2D eigenvalue weighted by Gasteiger charge is 2.32. The van der Waals surface area contributed by atoms with Crippen LogP contribution in [0.2, 0.25) is 0 Å². The summed E-state index contributed by atoms with van der Waals surface area (Å²) in [5, 5.41) is 2.80. The van der Waals surface area contributed by atoms with Crippen molar-refractivity contribution in [3.05, 3.63) is 36.2 Å². The number of halogens is 3. The number of aromatic nitrogens is 2. The Labute approximate surface area is 119 Å². The highest BCUT2D eigenvalue weighted by atomic mass is 19.4. The second-order valence-electron chi connectivity index (χ2n) is 4.11. The molecule has 0 saturated carbocycles. The van der Waals surface area contributed by atoms with Gasteiger partial charge in [-0.2, -0.15) is 0 Å². The van der Waals surface area contributed by atoms with Gasteiger partial charge in [-0.1, -0.05) is 19.1 Å². The molecule has 0 aliphatic rings. The first-order valence-corrected chi connectivity index (χ1v) is 6.12. The van der Waals surface area contributed by atoms with E-state index in [1.165, 1.54) is 24.5 Å². The highest BCUT2D eigenvalue weighted by molar-refractivity contribution is 5.68. The Hall–Kier alpha value is -2.51. The van der Waals surface area contributed by atoms with E-state index in [1.54, 1.807) is 6.07 Å². The van der Waals surface area contributed by atoms with Gasteiger partial charge in [0.2, 0.25) is 0 Å². The average molecular weight is 298 g/mol. The van der Waals surface area contributed by atoms with Gasteiger partial charge in [0.15, 0.2) is 5.75 Å². The zero-order valence-corrected chi connectivity index (χ0v) is 11.1. The molecule has 2 rings (SSSR count). The Morgan fingerprint density at radius 1 is 1.24 bits per heavy atom. The van der Waals surface area contributed by atoms with Gasteiger partial charge < -0.3 is 15.8 Å². The van der Waals surface area contributed by atoms with Gasteiger partial charge in [-0.3, -0.25) is 0 Å². The SMILES string of the molecule is CCc1c(N)ncnc1Nc1ccccc1OC(F)(F)F. The maximum atomic E-state index is 12.4. The van der Waals surface area contributed by atoms with E-state index in [2.05, 4.69) is 20.0 Å². The molecule has 5 nitrogen and oxygen atoms in total. The van der Waals surface area contributed by atoms with Crippen molar-refractivity contribution in [2.24, 2.45) is 0 Å². The third kappa shape index (κ3) is 3.74. The van der Waals surface area contributed by atoms with Crippen LogP contribution >= 0.6 is 0 Å². The van der Waals surface area contributed by atoms with Crippen LogP contribution in [0.15, 0.2) is 30.6 Å². The van der Waals surface area contributed by atoms with Crippen molar-refractivity contribution in [3.8, 4) is 5.75 Å². The lowest BCUT2D eigenvalue weighted by atomic mass is 10.2. The standard InChI is InChI=1S/C13H13F3N4O/c1-2-8-11(17)18-7-19-12(8)20-9-5-3-4-6-10(9)21-13(14,15)16/h3-7H,2H2,1H3,(H3,17,18,19,20). The van der Waals surface area contributed by atoms with Crippen LogP contribution in [0.4, 0.5) is 30.5 Å². The molecule has 0 amide bonds. The maximum absolute atomic E-state index is 12.4. The number of nitrogens with one attached hydrogen (secondary N) is 1. The number of nitrogens with two attached hydrogens (primary N) is 1. The van der Waals surface area contributed by atoms with Gasteiger partial charge >= 0.3 is 6.36 Å². The largest absolute Gasteiger partial charge is 0.573 e. The van der Waals surface area contributed by atoms with Crippen LogP contribution in [0.5, 0.6) is 5.75 Å². The summed E-state index contributed by atoms with van der Waals surface area (Å²) in [5.41, 5.74) is 6.49. The molecular formula is C13H13F3N4O. The number of benzene rings is 1. The van der Waals surface area contributed by atoms with Crippen LogP contribution in [0, 0.1) is 0 Å². The van der Waals surface area contributed by atoms with Gasteiger partial charge in [0.25, 0.3) is 0 Å². The van der Waals surface area contributed by atoms with Crippen LogP contribution in [0.1, 0.15) is 12.5 Å². The summed E-state index contributed by atoms with van der Waals surface area (Å²) in [6.45, 7) is 1.85. The second kappa shape index (κ2) is 5.86. The summed E-state index contributed by atoms with van der Waals surface area (Å²) in [6, 6.07) is 5.70. The van der Waals surface area contributed by atoms with Crippen LogP contribution in [-0.2, 0) is 6.42 Å². The van der Waals surface area contributed by atoms with Crippen LogP contribution < -0.4 is 15.8 Å². The maximum Gasteiger partial charge on any atom is 0.573 e. The van der Waals surface area contributed by atoms with Gasteiger partial charge in [0, 0.05) is 5.56 Å². The quantitative estimate of drug-likeness (QED) is 0.906. The van der Waals surface area contributed by atoms with Crippen LogP contribution in [0.25, 0.3) is 0 Å². The lowest BCUT2D eigenvalue weighted by Gasteiger charge is -2.15. The number of para-hydroxylation sites is 2. The van der Waals surface area contributed by atoms with E-state index in [-0.39, 0.29) is 17.3 Å². The summed E-state index contributed by atoms with van der Waals surface area (Å²) in [4.78, 5) is 7.85. The van der Waals surface area contributed by atoms with E-state index < -0.39 is 6.36 Å². The Balaban J connectivity index is 2.34. The third-order valence-electron chi connectivity index (χ3n) is 2.70. The molecule has 1 aromatic carbocycles. The van der Waals surface area contributed by atoms with Gasteiger partial charge in [-0.15, -0.1) is 13.2 Å². The van der Waals surface area contributed by atoms with Crippen molar-refractivity contribution in [1.82, 2.24) is 9.97 Å². The molecule has 21 heavy (non-hydrogen) atoms. The lowest BCUT2D eigenvalue weighted by Crippen LogP contribution is -2.18. The Kier molecular flexibility index (Phi) is 4.15. The molecule has 1 aromatic heterocycles. The summed E-state index contributed by atoms with van der Waals surface area (Å²) in [5.74, 6) is 0.289. The summed E-state index contributed by atoms with van der Waals surface area (Å²) in [7, 11) is 0. The normalized spacial score (nSPS) is 11.2. The number of hydrogen-bond donors (Lipinski definition) is 2. The smallest absolute Gasteiger partial charge is 0.404 e. The fourth-order valence-corrected chi connectivity index (χ4v) is 1.79. The van der Waals surface area contributed by atoms with Gasteiger partial charge in [-0.25, -0.2) is 9.97 Å². The third-order valence-corrected chi connectivity index (χ3v) is 2.70. The number of alkyl halides is 3. The van der Waals surface area contributed by atoms with E-state index in [4.69, 9.17) is 5.73 Å². The Morgan fingerprint density at radius 3 is 2.62 bits per heavy atom. The average Bonchev–Trinajstić information content (AvgIpc) is 2.40. The molecular weight excluding hydrogens is 285 g/mol. The molecule has 0 atom stereocenters. The van der Waals surface area contributed by atoms with Crippen molar-refractivity contribution in [3.63, 3.8) is 0 Å². The monoisotopic (exact) mass is 298 g/mol. The molecule has 0 aliphatic carbocycles. The number of anilines is 3. The molecule has 0 radical (unpaired) electrons. The van der Waals surface area contributed by atoms with Crippen molar-refractivity contribution >= 4 is 17.3 Å². The molecule has 0 spiro atoms. The molecule has 0 bridgehead atoms. The van der Waals surface area contributed by atoms with Gasteiger partial charge in [-0.05, 0) is 18.6 Å². The molecule has 3 N–H and O–H groups in total. The first-order valence-electron chi connectivity index (χ1n) is 6.12. The molecule has 8 heteroatoms. The minimum Gasteiger partial charge on any atom is -0.404 e. The zero-order chi connectivity index (χ0) is 15.5. The van der Waals surface area contributed by atoms with Gasteiger partial charge in [0.05, 0.1) is 5.69 Å². The predicted molar refractivity (Wildman–Crippen MR) is 72.2 cm³/mol. The molecule has 0 saturated heterocycles. The Morgan fingerprint density at radius 2 is 1.95 bits per heavy atom. The molecule has 112 valence electrons. The first-order chi connectivity index (χ1) is 9.90. The van der Waals surface area contributed by atoms with Crippen molar-refractivity contribution in [1.29, 1.82) is 0 Å². The molecule has 0 aliphatic heterocycles. The van der Waals surface area contributed by atoms with Crippen molar-refractivity contribution in [2.45, 2.75) is 19.7 Å². The van der Waals surface area contributed by atoms with E-state index in [0.29, 0.717) is 17.8 Å². The van der Waals surface area contributed by atoms with E-state index in [9.17, 15) is 13.2 Å². The second-order valence-corrected chi connectivity index (χ2v) is 4.11. The fourth-order valence-electron chi connectivity index (χ4n) is 1.79. The molecule has 2 aromatic rings. The number of nitrogens with zero attached hydrogens (tertiary/aromatic N) is 2. The minimum atomic E-state index is -4.77. The summed E-state index contributed by atoms with van der Waals surface area (Å²) < 4.78 is 41.1. The first kappa shape index (κ1) is 14.9. The Bertz CT molecular complexity index is 631. The lowest BCUT2D eigenvalue weighted by molar-refractivity contribution is -0.274. The summed E-state index contributed by atoms with van der Waals surface area (Å²) in [6.07, 6.45) is -2.99. The van der Waals surface area contributed by atoms with Crippen LogP contribution in [0.3, 0.4) is 0 Å². The number of hydrogen-bond acceptors (Lipinski definition) is 5. The molecule has 1 heterocycles. The number of rotatable bonds is 4. The van der Waals surface area contributed by atoms with Crippen molar-refractivity contribution in [2.75, 3.05) is 11.1 Å². The number of nitrogen functional groups attached to an aromatic ring is 1. The predicted octanol–water partition coefficient (Wildman–Crippen LogP) is 3.26. The zero-order valence-electron chi connectivity index (χ0n) is 11.1. The number of ether oxygens (including phenoxy) is 1. The molecule has 0 unspecified atom stereocenters. The fraction of sp³-hybridized carbons (Fsp3) is 0.231. The molecule has 0 fully saturated rings. The van der Waals surface area contributed by atoms with E-state index in [0.717, 1.165) is 0 Å². The van der Waals surface area contributed by atoms with Crippen LogP contribution in [-0.4, -0.2) is 16.3 Å². The highest BCUT2D eigenvalue weighted by Crippen LogP contribution is 2.32. The topological polar surface area (TPSA) is 73.1 Å². The van der Waals surface area contributed by atoms with Gasteiger partial charge in [0.1, 0.15) is 18.0 Å². The van der Waals surface area contributed by atoms with Crippen molar-refractivity contribution < 1.29 is 17.9 Å². The van der Waals surface area contributed by atoms with E-state index in [1.807, 2.05) is 6.92 Å². The minimum absolute atomic E-state index is 0.141. The summed E-state index contributed by atoms with van der Waals surface area (Å²) >= 11 is 0. The van der Waals surface area contributed by atoms with E-state index >= 15 is 0 Å².